The van der Waals surface area contributed by atoms with Crippen LogP contribution in [-0.4, -0.2) is 34.4 Å². The molecule has 1 saturated carbocycles. The average Bonchev–Trinajstić information content (AvgIpc) is 3.00. The smallest absolute Gasteiger partial charge is 0.255 e. The Bertz CT molecular complexity index is 554. The van der Waals surface area contributed by atoms with Crippen molar-refractivity contribution in [2.45, 2.75) is 38.6 Å². The van der Waals surface area contributed by atoms with E-state index < -0.39 is 0 Å². The Hall–Kier alpha value is -1.56. The Labute approximate surface area is 132 Å². The number of nitrogens with two attached hydrogens (primary N) is 1. The molecule has 21 heavy (non-hydrogen) atoms. The van der Waals surface area contributed by atoms with E-state index in [1.165, 1.54) is 0 Å². The van der Waals surface area contributed by atoms with Crippen LogP contribution in [0.25, 0.3) is 0 Å². The molecule has 0 atom stereocenters. The zero-order valence-electron chi connectivity index (χ0n) is 12.1. The number of oxime groups is 1. The summed E-state index contributed by atoms with van der Waals surface area (Å²) in [5.41, 5.74) is 7.26. The number of amidine groups is 1. The fraction of sp³-hybridized carbons (Fsp3) is 0.467. The molecular weight excluding hydrogens is 334 g/mol. The maximum absolute atomic E-state index is 12.9. The summed E-state index contributed by atoms with van der Waals surface area (Å²) < 4.78 is 0.764. The second-order valence-electron chi connectivity index (χ2n) is 5.45. The summed E-state index contributed by atoms with van der Waals surface area (Å²) in [7, 11) is 0. The van der Waals surface area contributed by atoms with Crippen LogP contribution in [0.3, 0.4) is 0 Å². The van der Waals surface area contributed by atoms with Gasteiger partial charge in [0.05, 0.1) is 12.1 Å². The van der Waals surface area contributed by atoms with Gasteiger partial charge in [0.1, 0.15) is 0 Å². The second kappa shape index (κ2) is 6.93. The van der Waals surface area contributed by atoms with Gasteiger partial charge in [-0.3, -0.25) is 4.79 Å². The first-order valence-electron chi connectivity index (χ1n) is 7.06. The zero-order valence-corrected chi connectivity index (χ0v) is 13.6. The van der Waals surface area contributed by atoms with Gasteiger partial charge in [-0.2, -0.15) is 0 Å². The van der Waals surface area contributed by atoms with Gasteiger partial charge in [-0.1, -0.05) is 29.6 Å². The lowest BCUT2D eigenvalue weighted by Crippen LogP contribution is -2.44. The molecule has 1 aliphatic carbocycles. The van der Waals surface area contributed by atoms with Crippen molar-refractivity contribution in [2.75, 3.05) is 6.54 Å². The number of rotatable bonds is 4. The molecule has 0 aliphatic heterocycles. The summed E-state index contributed by atoms with van der Waals surface area (Å²) >= 11 is 3.43. The van der Waals surface area contributed by atoms with Gasteiger partial charge >= 0.3 is 0 Å². The van der Waals surface area contributed by atoms with Crippen LogP contribution in [-0.2, 0) is 0 Å². The van der Waals surface area contributed by atoms with Crippen molar-refractivity contribution in [2.24, 2.45) is 10.9 Å². The van der Waals surface area contributed by atoms with E-state index in [1.54, 1.807) is 4.90 Å². The van der Waals surface area contributed by atoms with Crippen LogP contribution in [0.5, 0.6) is 0 Å². The van der Waals surface area contributed by atoms with E-state index in [-0.39, 0.29) is 24.3 Å². The first-order chi connectivity index (χ1) is 10.0. The molecule has 6 heteroatoms. The van der Waals surface area contributed by atoms with Crippen molar-refractivity contribution >= 4 is 27.7 Å². The van der Waals surface area contributed by atoms with E-state index in [9.17, 15) is 4.79 Å². The number of amides is 1. The van der Waals surface area contributed by atoms with Gasteiger partial charge < -0.3 is 15.8 Å². The molecule has 114 valence electrons. The minimum atomic E-state index is -0.0796. The number of carbonyl (C=O) groups is 1. The Kier molecular flexibility index (Phi) is 5.22. The summed E-state index contributed by atoms with van der Waals surface area (Å²) in [6.07, 6.45) is 4.15. The molecule has 0 unspecified atom stereocenters. The lowest BCUT2D eigenvalue weighted by molar-refractivity contribution is 0.0711. The van der Waals surface area contributed by atoms with Gasteiger partial charge in [0.2, 0.25) is 0 Å². The highest BCUT2D eigenvalue weighted by Gasteiger charge is 2.29. The maximum atomic E-state index is 12.9. The monoisotopic (exact) mass is 353 g/mol. The van der Waals surface area contributed by atoms with Crippen LogP contribution in [0.1, 0.15) is 41.6 Å². The number of aryl methyl sites for hydroxylation is 1. The third-order valence-corrected chi connectivity index (χ3v) is 4.53. The predicted molar refractivity (Wildman–Crippen MR) is 85.6 cm³/mol. The number of halogens is 1. The van der Waals surface area contributed by atoms with E-state index in [0.717, 1.165) is 35.7 Å². The average molecular weight is 354 g/mol. The van der Waals surface area contributed by atoms with Crippen LogP contribution in [0.2, 0.25) is 0 Å². The Morgan fingerprint density at radius 1 is 1.48 bits per heavy atom. The van der Waals surface area contributed by atoms with Crippen molar-refractivity contribution in [3.63, 3.8) is 0 Å². The van der Waals surface area contributed by atoms with Gasteiger partial charge in [-0.15, -0.1) is 0 Å². The molecule has 3 N–H and O–H groups in total. The van der Waals surface area contributed by atoms with E-state index in [2.05, 4.69) is 21.1 Å². The SMILES string of the molecule is Cc1ccc(Br)c(C(=O)N(C/C(N)=N/O)C2CCCC2)c1. The first-order valence-corrected chi connectivity index (χ1v) is 7.85. The molecular formula is C15H20BrN3O2. The molecule has 0 radical (unpaired) electrons. The lowest BCUT2D eigenvalue weighted by atomic mass is 10.1. The van der Waals surface area contributed by atoms with Gasteiger partial charge in [-0.25, -0.2) is 0 Å². The maximum Gasteiger partial charge on any atom is 0.255 e. The highest BCUT2D eigenvalue weighted by Crippen LogP contribution is 2.27. The summed E-state index contributed by atoms with van der Waals surface area (Å²) in [4.78, 5) is 14.6. The van der Waals surface area contributed by atoms with Crippen molar-refractivity contribution in [3.8, 4) is 0 Å². The molecule has 1 amide bonds. The Morgan fingerprint density at radius 3 is 2.76 bits per heavy atom. The number of hydrogen-bond acceptors (Lipinski definition) is 3. The lowest BCUT2D eigenvalue weighted by Gasteiger charge is -2.29. The first kappa shape index (κ1) is 15.8. The largest absolute Gasteiger partial charge is 0.409 e. The fourth-order valence-electron chi connectivity index (χ4n) is 2.75. The Morgan fingerprint density at radius 2 is 2.14 bits per heavy atom. The molecule has 5 nitrogen and oxygen atoms in total. The molecule has 0 aromatic heterocycles. The van der Waals surface area contributed by atoms with E-state index >= 15 is 0 Å². The fourth-order valence-corrected chi connectivity index (χ4v) is 3.16. The molecule has 0 spiro atoms. The van der Waals surface area contributed by atoms with Crippen molar-refractivity contribution in [1.82, 2.24) is 4.90 Å². The summed E-state index contributed by atoms with van der Waals surface area (Å²) in [6.45, 7) is 2.10. The van der Waals surface area contributed by atoms with Crippen LogP contribution in [0.15, 0.2) is 27.8 Å². The van der Waals surface area contributed by atoms with Crippen LogP contribution < -0.4 is 5.73 Å². The van der Waals surface area contributed by atoms with Crippen molar-refractivity contribution in [1.29, 1.82) is 0 Å². The van der Waals surface area contributed by atoms with E-state index in [0.29, 0.717) is 5.56 Å². The summed E-state index contributed by atoms with van der Waals surface area (Å²) in [6, 6.07) is 5.84. The van der Waals surface area contributed by atoms with Gasteiger partial charge in [-0.05, 0) is 47.8 Å². The minimum absolute atomic E-state index is 0.0547. The molecule has 1 aliphatic rings. The van der Waals surface area contributed by atoms with E-state index in [1.807, 2.05) is 25.1 Å². The number of carbonyl (C=O) groups excluding carboxylic acids is 1. The van der Waals surface area contributed by atoms with Gasteiger partial charge in [0.25, 0.3) is 5.91 Å². The van der Waals surface area contributed by atoms with Crippen molar-refractivity contribution < 1.29 is 10.0 Å². The molecule has 1 aromatic carbocycles. The number of hydrogen-bond donors (Lipinski definition) is 2. The molecule has 0 saturated heterocycles. The minimum Gasteiger partial charge on any atom is -0.409 e. The standard InChI is InChI=1S/C15H20BrN3O2/c1-10-6-7-13(16)12(8-10)15(20)19(9-14(17)18-21)11-4-2-3-5-11/h6-8,11,21H,2-5,9H2,1H3,(H2,17,18). The number of benzene rings is 1. The third kappa shape index (κ3) is 3.75. The number of nitrogens with zero attached hydrogens (tertiary/aromatic N) is 2. The molecule has 2 rings (SSSR count). The van der Waals surface area contributed by atoms with E-state index in [4.69, 9.17) is 10.9 Å². The van der Waals surface area contributed by atoms with Crippen molar-refractivity contribution in [3.05, 3.63) is 33.8 Å². The van der Waals surface area contributed by atoms with Crippen LogP contribution in [0.4, 0.5) is 0 Å². The topological polar surface area (TPSA) is 78.9 Å². The Balaban J connectivity index is 2.30. The highest BCUT2D eigenvalue weighted by atomic mass is 79.9. The third-order valence-electron chi connectivity index (χ3n) is 3.84. The second-order valence-corrected chi connectivity index (χ2v) is 6.30. The van der Waals surface area contributed by atoms with Crippen LogP contribution in [0, 0.1) is 6.92 Å². The van der Waals surface area contributed by atoms with Gasteiger partial charge in [0, 0.05) is 10.5 Å². The molecule has 0 bridgehead atoms. The van der Waals surface area contributed by atoms with Crippen LogP contribution >= 0.6 is 15.9 Å². The predicted octanol–water partition coefficient (Wildman–Crippen LogP) is 2.89. The molecule has 1 aromatic rings. The zero-order chi connectivity index (χ0) is 15.4. The molecule has 0 heterocycles. The quantitative estimate of drug-likeness (QED) is 0.378. The van der Waals surface area contributed by atoms with Gasteiger partial charge in [0.15, 0.2) is 5.84 Å². The summed E-state index contributed by atoms with van der Waals surface area (Å²) in [5, 5.41) is 11.8. The normalized spacial score (nSPS) is 16.2. The molecule has 1 fully saturated rings. The highest BCUT2D eigenvalue weighted by molar-refractivity contribution is 9.10. The summed E-state index contributed by atoms with van der Waals surface area (Å²) in [5.74, 6) is -0.0249.